The Balaban J connectivity index is 1.46. The lowest BCUT2D eigenvalue weighted by Crippen LogP contribution is -2.42. The Labute approximate surface area is 116 Å². The molecule has 18 heavy (non-hydrogen) atoms. The summed E-state index contributed by atoms with van der Waals surface area (Å²) in [6.07, 6.45) is 8.90. The summed E-state index contributed by atoms with van der Waals surface area (Å²) in [7, 11) is 0. The predicted molar refractivity (Wildman–Crippen MR) is 79.9 cm³/mol. The molecule has 3 atom stereocenters. The first-order valence-electron chi connectivity index (χ1n) is 6.12. The molecule has 3 rings (SSSR count). The molecule has 2 aliphatic carbocycles. The second-order valence-corrected chi connectivity index (χ2v) is 6.13. The molecule has 0 unspecified atom stereocenters. The Kier molecular flexibility index (Phi) is 3.43. The molecule has 0 radical (unpaired) electrons. The van der Waals surface area contributed by atoms with Crippen LogP contribution in [0.1, 0.15) is 17.7 Å². The molecule has 3 nitrogen and oxygen atoms in total. The number of hydrogen-bond acceptors (Lipinski definition) is 3. The van der Waals surface area contributed by atoms with Crippen LogP contribution in [0.15, 0.2) is 34.8 Å². The summed E-state index contributed by atoms with van der Waals surface area (Å²) in [5.41, 5.74) is 2.88. The van der Waals surface area contributed by atoms with Gasteiger partial charge in [0, 0.05) is 10.9 Å². The predicted octanol–water partition coefficient (Wildman–Crippen LogP) is 2.51. The van der Waals surface area contributed by atoms with E-state index in [2.05, 4.69) is 28.0 Å². The van der Waals surface area contributed by atoms with Crippen LogP contribution in [0.5, 0.6) is 0 Å². The third-order valence-corrected chi connectivity index (χ3v) is 4.51. The Morgan fingerprint density at radius 3 is 3.06 bits per heavy atom. The van der Waals surface area contributed by atoms with Gasteiger partial charge in [-0.05, 0) is 48.3 Å². The molecule has 0 saturated heterocycles. The summed E-state index contributed by atoms with van der Waals surface area (Å²) in [4.78, 5) is 1.12. The van der Waals surface area contributed by atoms with Crippen LogP contribution in [-0.4, -0.2) is 17.4 Å². The first-order chi connectivity index (χ1) is 8.81. The lowest BCUT2D eigenvalue weighted by molar-refractivity contribution is 0.521. The van der Waals surface area contributed by atoms with E-state index >= 15 is 0 Å². The lowest BCUT2D eigenvalue weighted by atomic mass is 10.0. The maximum Gasteiger partial charge on any atom is 0.187 e. The molecule has 1 fully saturated rings. The summed E-state index contributed by atoms with van der Waals surface area (Å²) < 4.78 is 0. The molecule has 2 aliphatic rings. The van der Waals surface area contributed by atoms with Gasteiger partial charge in [0.25, 0.3) is 0 Å². The second-order valence-electron chi connectivity index (χ2n) is 4.75. The highest BCUT2D eigenvalue weighted by molar-refractivity contribution is 7.80. The van der Waals surface area contributed by atoms with Crippen LogP contribution >= 0.6 is 23.6 Å². The molecule has 0 aromatic carbocycles. The van der Waals surface area contributed by atoms with Crippen molar-refractivity contribution in [2.75, 3.05) is 0 Å². The molecule has 1 aromatic heterocycles. The molecular formula is C13H15N3S2. The van der Waals surface area contributed by atoms with Crippen LogP contribution in [0.2, 0.25) is 0 Å². The van der Waals surface area contributed by atoms with E-state index in [1.807, 2.05) is 17.5 Å². The lowest BCUT2D eigenvalue weighted by Gasteiger charge is -2.20. The largest absolute Gasteiger partial charge is 0.358 e. The number of nitrogens with one attached hydrogen (secondary N) is 2. The fourth-order valence-corrected chi connectivity index (χ4v) is 3.46. The van der Waals surface area contributed by atoms with Gasteiger partial charge in [-0.2, -0.15) is 5.10 Å². The third kappa shape index (κ3) is 2.62. The standard InChI is InChI=1S/C13H15N3S2/c17-13(16-14-8-11-2-1-5-18-11)15-12-7-9-3-4-10(12)6-9/h1-5,8-10,12H,6-7H2,(H2,15,16,17)/b14-8-/t9-,10+,12+/m0/s1. The Bertz CT molecular complexity index is 478. The zero-order valence-electron chi connectivity index (χ0n) is 9.87. The van der Waals surface area contributed by atoms with E-state index in [-0.39, 0.29) is 0 Å². The van der Waals surface area contributed by atoms with Gasteiger partial charge in [-0.25, -0.2) is 0 Å². The van der Waals surface area contributed by atoms with Gasteiger partial charge in [-0.3, -0.25) is 5.43 Å². The number of nitrogens with zero attached hydrogens (tertiary/aromatic N) is 1. The SMILES string of the molecule is S=C(N/N=C\c1cccs1)N[C@@H]1C[C@H]2C=C[C@@H]1C2. The number of allylic oxidation sites excluding steroid dienone is 1. The van der Waals surface area contributed by atoms with E-state index in [1.54, 1.807) is 17.6 Å². The van der Waals surface area contributed by atoms with Crippen LogP contribution in [-0.2, 0) is 0 Å². The maximum absolute atomic E-state index is 5.24. The van der Waals surface area contributed by atoms with E-state index < -0.39 is 0 Å². The van der Waals surface area contributed by atoms with Crippen molar-refractivity contribution in [3.05, 3.63) is 34.5 Å². The molecule has 5 heteroatoms. The zero-order chi connectivity index (χ0) is 12.4. The number of hydrogen-bond donors (Lipinski definition) is 2. The minimum Gasteiger partial charge on any atom is -0.358 e. The van der Waals surface area contributed by atoms with Gasteiger partial charge in [0.1, 0.15) is 0 Å². The van der Waals surface area contributed by atoms with Crippen molar-refractivity contribution in [3.8, 4) is 0 Å². The second kappa shape index (κ2) is 5.20. The Hall–Kier alpha value is -1.20. The number of hydrazone groups is 1. The van der Waals surface area contributed by atoms with Crippen molar-refractivity contribution in [1.82, 2.24) is 10.7 Å². The van der Waals surface area contributed by atoms with Crippen molar-refractivity contribution in [2.24, 2.45) is 16.9 Å². The number of thiocarbonyl (C=S) groups is 1. The molecule has 1 heterocycles. The third-order valence-electron chi connectivity index (χ3n) is 3.50. The molecule has 1 aromatic rings. The van der Waals surface area contributed by atoms with Crippen molar-refractivity contribution in [3.63, 3.8) is 0 Å². The number of thiophene rings is 1. The minimum absolute atomic E-state index is 0.483. The number of fused-ring (bicyclic) bond motifs is 2. The van der Waals surface area contributed by atoms with Gasteiger partial charge in [0.2, 0.25) is 0 Å². The average Bonchev–Trinajstić information content (AvgIpc) is 3.04. The minimum atomic E-state index is 0.483. The molecule has 1 saturated carbocycles. The Morgan fingerprint density at radius 2 is 2.39 bits per heavy atom. The fourth-order valence-electron chi connectivity index (χ4n) is 2.67. The first kappa shape index (κ1) is 11.9. The van der Waals surface area contributed by atoms with Crippen LogP contribution in [0.3, 0.4) is 0 Å². The smallest absolute Gasteiger partial charge is 0.187 e. The van der Waals surface area contributed by atoms with Gasteiger partial charge in [0.15, 0.2) is 5.11 Å². The summed E-state index contributed by atoms with van der Waals surface area (Å²) >= 11 is 6.90. The molecule has 2 bridgehead atoms. The molecule has 0 spiro atoms. The fraction of sp³-hybridized carbons (Fsp3) is 0.385. The van der Waals surface area contributed by atoms with Gasteiger partial charge in [0.05, 0.1) is 6.21 Å². The van der Waals surface area contributed by atoms with Crippen molar-refractivity contribution < 1.29 is 0 Å². The first-order valence-corrected chi connectivity index (χ1v) is 7.41. The highest BCUT2D eigenvalue weighted by Gasteiger charge is 2.35. The van der Waals surface area contributed by atoms with Gasteiger partial charge in [-0.1, -0.05) is 18.2 Å². The van der Waals surface area contributed by atoms with Crippen molar-refractivity contribution >= 4 is 34.9 Å². The van der Waals surface area contributed by atoms with Crippen LogP contribution in [0.4, 0.5) is 0 Å². The Morgan fingerprint density at radius 1 is 1.44 bits per heavy atom. The highest BCUT2D eigenvalue weighted by atomic mass is 32.1. The average molecular weight is 277 g/mol. The van der Waals surface area contributed by atoms with Crippen LogP contribution in [0, 0.1) is 11.8 Å². The van der Waals surface area contributed by atoms with Crippen molar-refractivity contribution in [2.45, 2.75) is 18.9 Å². The summed E-state index contributed by atoms with van der Waals surface area (Å²) in [5, 5.41) is 10.1. The van der Waals surface area contributed by atoms with Gasteiger partial charge >= 0.3 is 0 Å². The summed E-state index contributed by atoms with van der Waals surface area (Å²) in [6.45, 7) is 0. The molecular weight excluding hydrogens is 262 g/mol. The quantitative estimate of drug-likeness (QED) is 0.386. The van der Waals surface area contributed by atoms with E-state index in [9.17, 15) is 0 Å². The van der Waals surface area contributed by atoms with Gasteiger partial charge < -0.3 is 5.32 Å². The van der Waals surface area contributed by atoms with Crippen LogP contribution < -0.4 is 10.7 Å². The molecule has 94 valence electrons. The maximum atomic E-state index is 5.24. The molecule has 2 N–H and O–H groups in total. The topological polar surface area (TPSA) is 36.4 Å². The number of rotatable bonds is 3. The van der Waals surface area contributed by atoms with E-state index in [1.165, 1.54) is 12.8 Å². The molecule has 0 aliphatic heterocycles. The normalized spacial score (nSPS) is 29.0. The van der Waals surface area contributed by atoms with E-state index in [0.717, 1.165) is 10.8 Å². The van der Waals surface area contributed by atoms with E-state index in [4.69, 9.17) is 12.2 Å². The summed E-state index contributed by atoms with van der Waals surface area (Å²) in [6, 6.07) is 4.51. The van der Waals surface area contributed by atoms with Gasteiger partial charge in [-0.15, -0.1) is 11.3 Å². The van der Waals surface area contributed by atoms with Crippen LogP contribution in [0.25, 0.3) is 0 Å². The monoisotopic (exact) mass is 277 g/mol. The van der Waals surface area contributed by atoms with E-state index in [0.29, 0.717) is 17.1 Å². The molecule has 0 amide bonds. The zero-order valence-corrected chi connectivity index (χ0v) is 11.5. The summed E-state index contributed by atoms with van der Waals surface area (Å²) in [5.74, 6) is 1.40. The highest BCUT2D eigenvalue weighted by Crippen LogP contribution is 2.38. The van der Waals surface area contributed by atoms with Crippen molar-refractivity contribution in [1.29, 1.82) is 0 Å².